The molecule has 0 unspecified atom stereocenters. The summed E-state index contributed by atoms with van der Waals surface area (Å²) in [7, 11) is 8.94. The SMILES string of the molecule is CCCCCCCCCC(=O)OCC[N+](C)(C)CCCCCC[N+](C)(C)CCOC(=O)CCCCCCCCC. The zero-order chi connectivity index (χ0) is 30.0. The van der Waals surface area contributed by atoms with E-state index in [2.05, 4.69) is 42.0 Å². The zero-order valence-corrected chi connectivity index (χ0v) is 27.9. The predicted molar refractivity (Wildman–Crippen MR) is 169 cm³/mol. The average Bonchev–Trinajstić information content (AvgIpc) is 2.89. The number of hydrogen-bond donors (Lipinski definition) is 0. The normalized spacial score (nSPS) is 12.1. The van der Waals surface area contributed by atoms with E-state index < -0.39 is 0 Å². The van der Waals surface area contributed by atoms with Gasteiger partial charge in [-0.1, -0.05) is 90.9 Å². The Labute approximate surface area is 249 Å². The third-order valence-electron chi connectivity index (χ3n) is 8.17. The number of ether oxygens (including phenoxy) is 2. The molecule has 0 radical (unpaired) electrons. The molecule has 0 heterocycles. The molecule has 0 N–H and O–H groups in total. The van der Waals surface area contributed by atoms with Crippen LogP contribution in [0.3, 0.4) is 0 Å². The monoisotopic (exact) mass is 571 g/mol. The number of carbonyl (C=O) groups excluding carboxylic acids is 2. The standard InChI is InChI=1S/C34H70N2O4/c1-7-9-11-13-15-17-21-25-33(37)39-31-29-35(3,4)27-23-19-20-24-28-36(5,6)30-32-40-34(38)26-22-18-16-14-12-10-8-2/h7-32H2,1-6H3/q+2. The molecule has 0 aliphatic carbocycles. The van der Waals surface area contributed by atoms with Crippen LogP contribution >= 0.6 is 0 Å². The molecule has 0 amide bonds. The third kappa shape index (κ3) is 27.1. The summed E-state index contributed by atoms with van der Waals surface area (Å²) in [4.78, 5) is 24.0. The van der Waals surface area contributed by atoms with Gasteiger partial charge in [-0.25, -0.2) is 0 Å². The van der Waals surface area contributed by atoms with Gasteiger partial charge in [-0.05, 0) is 38.5 Å². The molecule has 6 nitrogen and oxygen atoms in total. The summed E-state index contributed by atoms with van der Waals surface area (Å²) in [6, 6.07) is 0. The van der Waals surface area contributed by atoms with Crippen LogP contribution in [0.25, 0.3) is 0 Å². The lowest BCUT2D eigenvalue weighted by atomic mass is 10.1. The van der Waals surface area contributed by atoms with Gasteiger partial charge in [0, 0.05) is 12.8 Å². The first-order valence-electron chi connectivity index (χ1n) is 17.1. The fourth-order valence-electron chi connectivity index (χ4n) is 5.07. The van der Waals surface area contributed by atoms with Crippen molar-refractivity contribution < 1.29 is 28.0 Å². The van der Waals surface area contributed by atoms with Crippen LogP contribution in [0.4, 0.5) is 0 Å². The van der Waals surface area contributed by atoms with Crippen LogP contribution in [0.2, 0.25) is 0 Å². The number of unbranched alkanes of at least 4 members (excludes halogenated alkanes) is 15. The van der Waals surface area contributed by atoms with Crippen molar-refractivity contribution in [1.29, 1.82) is 0 Å². The highest BCUT2D eigenvalue weighted by Gasteiger charge is 2.17. The lowest BCUT2D eigenvalue weighted by Gasteiger charge is -2.30. The summed E-state index contributed by atoms with van der Waals surface area (Å²) in [6.07, 6.45) is 23.1. The van der Waals surface area contributed by atoms with Gasteiger partial charge in [0.15, 0.2) is 0 Å². The molecular formula is C34H70N2O4+2. The molecule has 0 aromatic rings. The molecule has 0 spiro atoms. The zero-order valence-electron chi connectivity index (χ0n) is 27.9. The van der Waals surface area contributed by atoms with Crippen molar-refractivity contribution in [3.05, 3.63) is 0 Å². The van der Waals surface area contributed by atoms with Gasteiger partial charge in [0.25, 0.3) is 0 Å². The topological polar surface area (TPSA) is 52.6 Å². The van der Waals surface area contributed by atoms with Crippen LogP contribution in [0, 0.1) is 0 Å². The quantitative estimate of drug-likeness (QED) is 0.0518. The minimum Gasteiger partial charge on any atom is -0.460 e. The molecule has 238 valence electrons. The lowest BCUT2D eigenvalue weighted by Crippen LogP contribution is -2.43. The van der Waals surface area contributed by atoms with Crippen molar-refractivity contribution in [3.63, 3.8) is 0 Å². The second-order valence-electron chi connectivity index (χ2n) is 13.4. The Kier molecular flexibility index (Phi) is 24.8. The molecule has 0 saturated carbocycles. The van der Waals surface area contributed by atoms with Crippen molar-refractivity contribution in [2.24, 2.45) is 0 Å². The Morgan fingerprint density at radius 3 is 1.07 bits per heavy atom. The van der Waals surface area contributed by atoms with Crippen molar-refractivity contribution in [2.45, 2.75) is 142 Å². The maximum atomic E-state index is 12.0. The van der Waals surface area contributed by atoms with E-state index in [4.69, 9.17) is 9.47 Å². The summed E-state index contributed by atoms with van der Waals surface area (Å²) < 4.78 is 12.8. The van der Waals surface area contributed by atoms with Gasteiger partial charge in [0.2, 0.25) is 0 Å². The van der Waals surface area contributed by atoms with Crippen LogP contribution < -0.4 is 0 Å². The number of quaternary nitrogens is 2. The van der Waals surface area contributed by atoms with Gasteiger partial charge in [-0.2, -0.15) is 0 Å². The molecule has 0 bridgehead atoms. The molecule has 40 heavy (non-hydrogen) atoms. The van der Waals surface area contributed by atoms with E-state index in [1.54, 1.807) is 0 Å². The van der Waals surface area contributed by atoms with Gasteiger partial charge < -0.3 is 18.4 Å². The summed E-state index contributed by atoms with van der Waals surface area (Å²) in [5.41, 5.74) is 0. The average molecular weight is 571 g/mol. The first-order valence-corrected chi connectivity index (χ1v) is 17.1. The Hall–Kier alpha value is -1.14. The summed E-state index contributed by atoms with van der Waals surface area (Å²) >= 11 is 0. The van der Waals surface area contributed by atoms with E-state index in [0.29, 0.717) is 26.1 Å². The highest BCUT2D eigenvalue weighted by Crippen LogP contribution is 2.12. The van der Waals surface area contributed by atoms with Crippen molar-refractivity contribution in [2.75, 3.05) is 67.6 Å². The predicted octanol–water partition coefficient (Wildman–Crippen LogP) is 8.07. The molecule has 0 fully saturated rings. The molecule has 0 aliphatic rings. The van der Waals surface area contributed by atoms with E-state index >= 15 is 0 Å². The maximum Gasteiger partial charge on any atom is 0.305 e. The Balaban J connectivity index is 3.72. The van der Waals surface area contributed by atoms with Crippen LogP contribution in [0.1, 0.15) is 142 Å². The summed E-state index contributed by atoms with van der Waals surface area (Å²) in [5, 5.41) is 0. The van der Waals surface area contributed by atoms with E-state index in [0.717, 1.165) is 60.8 Å². The Morgan fingerprint density at radius 2 is 0.725 bits per heavy atom. The second-order valence-corrected chi connectivity index (χ2v) is 13.4. The van der Waals surface area contributed by atoms with Crippen molar-refractivity contribution >= 4 is 11.9 Å². The van der Waals surface area contributed by atoms with Gasteiger partial charge in [0.1, 0.15) is 26.3 Å². The first kappa shape index (κ1) is 38.9. The number of carbonyl (C=O) groups is 2. The molecule has 0 aromatic carbocycles. The van der Waals surface area contributed by atoms with Gasteiger partial charge in [0.05, 0.1) is 41.3 Å². The third-order valence-corrected chi connectivity index (χ3v) is 8.17. The lowest BCUT2D eigenvalue weighted by molar-refractivity contribution is -0.891. The number of hydrogen-bond acceptors (Lipinski definition) is 4. The Morgan fingerprint density at radius 1 is 0.425 bits per heavy atom. The van der Waals surface area contributed by atoms with Crippen molar-refractivity contribution in [3.8, 4) is 0 Å². The van der Waals surface area contributed by atoms with Gasteiger partial charge in [-0.15, -0.1) is 0 Å². The van der Waals surface area contributed by atoms with E-state index in [-0.39, 0.29) is 11.9 Å². The minimum atomic E-state index is -0.0303. The minimum absolute atomic E-state index is 0.0303. The molecule has 0 saturated heterocycles. The van der Waals surface area contributed by atoms with E-state index in [1.165, 1.54) is 89.9 Å². The summed E-state index contributed by atoms with van der Waals surface area (Å²) in [5.74, 6) is -0.0607. The first-order chi connectivity index (χ1) is 19.1. The number of likely N-dealkylation sites (N-methyl/N-ethyl adjacent to an activating group) is 2. The fourth-order valence-corrected chi connectivity index (χ4v) is 5.07. The van der Waals surface area contributed by atoms with Crippen LogP contribution in [0.5, 0.6) is 0 Å². The van der Waals surface area contributed by atoms with E-state index in [1.807, 2.05) is 0 Å². The summed E-state index contributed by atoms with van der Waals surface area (Å²) in [6.45, 7) is 9.51. The molecule has 0 rings (SSSR count). The molecule has 0 aliphatic heterocycles. The largest absolute Gasteiger partial charge is 0.460 e. The molecular weight excluding hydrogens is 500 g/mol. The van der Waals surface area contributed by atoms with Crippen LogP contribution in [-0.4, -0.2) is 88.5 Å². The smallest absolute Gasteiger partial charge is 0.305 e. The van der Waals surface area contributed by atoms with Crippen LogP contribution in [0.15, 0.2) is 0 Å². The molecule has 0 aromatic heterocycles. The van der Waals surface area contributed by atoms with E-state index in [9.17, 15) is 9.59 Å². The van der Waals surface area contributed by atoms with Crippen LogP contribution in [-0.2, 0) is 19.1 Å². The number of rotatable bonds is 29. The van der Waals surface area contributed by atoms with Gasteiger partial charge >= 0.3 is 11.9 Å². The Bertz CT molecular complexity index is 555. The fraction of sp³-hybridized carbons (Fsp3) is 0.941. The maximum absolute atomic E-state index is 12.0. The van der Waals surface area contributed by atoms with Crippen molar-refractivity contribution in [1.82, 2.24) is 0 Å². The number of nitrogens with zero attached hydrogens (tertiary/aromatic N) is 2. The molecule has 0 atom stereocenters. The number of esters is 2. The second kappa shape index (κ2) is 25.6. The highest BCUT2D eigenvalue weighted by atomic mass is 16.5. The molecule has 6 heteroatoms. The highest BCUT2D eigenvalue weighted by molar-refractivity contribution is 5.69. The van der Waals surface area contributed by atoms with Gasteiger partial charge in [-0.3, -0.25) is 9.59 Å².